The Morgan fingerprint density at radius 1 is 1.22 bits per heavy atom. The molecule has 11 heteroatoms. The first-order chi connectivity index (χ1) is 15.4. The molecular formula is C21H23F2N5O4. The number of nitrogens with one attached hydrogen (secondary N) is 1. The smallest absolute Gasteiger partial charge is 0.303 e. The number of halogens is 2. The molecule has 0 fully saturated rings. The maximum Gasteiger partial charge on any atom is 0.303 e. The predicted octanol–water partition coefficient (Wildman–Crippen LogP) is 3.71. The number of carboxylic acid groups (broad SMARTS) is 1. The number of hydrogen-bond donors (Lipinski definition) is 2. The molecule has 0 spiro atoms. The minimum atomic E-state index is -0.853. The maximum atomic E-state index is 14.5. The van der Waals surface area contributed by atoms with Gasteiger partial charge in [-0.25, -0.2) is 18.7 Å². The van der Waals surface area contributed by atoms with E-state index >= 15 is 0 Å². The molecule has 0 aliphatic carbocycles. The molecule has 1 aromatic carbocycles. The fraction of sp³-hybridized carbons (Fsp3) is 0.333. The zero-order valence-electron chi connectivity index (χ0n) is 17.6. The third-order valence-electron chi connectivity index (χ3n) is 4.61. The highest BCUT2D eigenvalue weighted by Gasteiger charge is 2.19. The van der Waals surface area contributed by atoms with Gasteiger partial charge in [-0.05, 0) is 24.5 Å². The lowest BCUT2D eigenvalue weighted by molar-refractivity contribution is -0.137. The first-order valence-corrected chi connectivity index (χ1v) is 9.91. The molecule has 0 unspecified atom stereocenters. The lowest BCUT2D eigenvalue weighted by Gasteiger charge is -2.13. The molecule has 0 atom stereocenters. The minimum Gasteiger partial charge on any atom is -0.494 e. The summed E-state index contributed by atoms with van der Waals surface area (Å²) in [5, 5.41) is 15.8. The van der Waals surface area contributed by atoms with E-state index in [2.05, 4.69) is 20.4 Å². The number of aliphatic carboxylic acids is 1. The molecule has 0 aliphatic rings. The number of aryl methyl sites for hydroxylation is 2. The number of carbonyl (C=O) groups is 1. The normalized spacial score (nSPS) is 10.8. The van der Waals surface area contributed by atoms with E-state index in [1.165, 1.54) is 25.6 Å². The van der Waals surface area contributed by atoms with Crippen molar-refractivity contribution in [3.8, 4) is 11.5 Å². The van der Waals surface area contributed by atoms with E-state index in [1.54, 1.807) is 24.0 Å². The minimum absolute atomic E-state index is 0.0406. The van der Waals surface area contributed by atoms with Crippen molar-refractivity contribution in [1.29, 1.82) is 0 Å². The van der Waals surface area contributed by atoms with Crippen LogP contribution in [0.15, 0.2) is 30.9 Å². The largest absolute Gasteiger partial charge is 0.494 e. The average molecular weight is 447 g/mol. The van der Waals surface area contributed by atoms with Crippen LogP contribution in [0.4, 0.5) is 20.4 Å². The van der Waals surface area contributed by atoms with Gasteiger partial charge in [0.05, 0.1) is 37.0 Å². The van der Waals surface area contributed by atoms with Crippen molar-refractivity contribution in [2.45, 2.75) is 39.3 Å². The fourth-order valence-corrected chi connectivity index (χ4v) is 2.94. The summed E-state index contributed by atoms with van der Waals surface area (Å²) in [4.78, 5) is 18.8. The SMILES string of the molecule is CCc1cc(OC)c(F)c(COc2cnc(Nc3cnn(CCCC(=O)O)c3)nc2)c1F. The van der Waals surface area contributed by atoms with Crippen molar-refractivity contribution in [3.05, 3.63) is 53.6 Å². The van der Waals surface area contributed by atoms with Gasteiger partial charge in [0.25, 0.3) is 0 Å². The van der Waals surface area contributed by atoms with E-state index in [1.807, 2.05) is 0 Å². The van der Waals surface area contributed by atoms with Gasteiger partial charge < -0.3 is 19.9 Å². The Bertz CT molecular complexity index is 1040. The quantitative estimate of drug-likeness (QED) is 0.458. The summed E-state index contributed by atoms with van der Waals surface area (Å²) in [6.45, 7) is 1.89. The molecule has 0 radical (unpaired) electrons. The van der Waals surface area contributed by atoms with E-state index in [9.17, 15) is 13.6 Å². The molecule has 0 amide bonds. The number of benzene rings is 1. The number of nitrogens with zero attached hydrogens (tertiary/aromatic N) is 4. The molecular weight excluding hydrogens is 424 g/mol. The molecule has 32 heavy (non-hydrogen) atoms. The molecule has 2 aromatic heterocycles. The lowest BCUT2D eigenvalue weighted by atomic mass is 10.1. The van der Waals surface area contributed by atoms with E-state index in [4.69, 9.17) is 14.6 Å². The summed E-state index contributed by atoms with van der Waals surface area (Å²) in [7, 11) is 1.32. The van der Waals surface area contributed by atoms with Crippen molar-refractivity contribution in [2.75, 3.05) is 12.4 Å². The second kappa shape index (κ2) is 10.5. The van der Waals surface area contributed by atoms with Crippen LogP contribution in [-0.2, 0) is 24.4 Å². The van der Waals surface area contributed by atoms with Gasteiger partial charge >= 0.3 is 5.97 Å². The number of methoxy groups -OCH3 is 1. The van der Waals surface area contributed by atoms with Crippen molar-refractivity contribution >= 4 is 17.6 Å². The van der Waals surface area contributed by atoms with Crippen LogP contribution in [0.2, 0.25) is 0 Å². The van der Waals surface area contributed by atoms with Gasteiger partial charge in [0, 0.05) is 19.2 Å². The molecule has 3 aromatic rings. The second-order valence-electron chi connectivity index (χ2n) is 6.84. The summed E-state index contributed by atoms with van der Waals surface area (Å²) in [6, 6.07) is 1.34. The summed E-state index contributed by atoms with van der Waals surface area (Å²) < 4.78 is 41.0. The molecule has 9 nitrogen and oxygen atoms in total. The number of hydrogen-bond acceptors (Lipinski definition) is 7. The van der Waals surface area contributed by atoms with Crippen LogP contribution >= 0.6 is 0 Å². The van der Waals surface area contributed by atoms with Crippen LogP contribution in [-0.4, -0.2) is 37.9 Å². The van der Waals surface area contributed by atoms with Crippen molar-refractivity contribution in [1.82, 2.24) is 19.7 Å². The van der Waals surface area contributed by atoms with Gasteiger partial charge in [-0.1, -0.05) is 6.92 Å². The Hall–Kier alpha value is -3.76. The maximum absolute atomic E-state index is 14.5. The molecule has 0 saturated heterocycles. The molecule has 2 N–H and O–H groups in total. The Morgan fingerprint density at radius 2 is 1.97 bits per heavy atom. The highest BCUT2D eigenvalue weighted by molar-refractivity contribution is 5.66. The van der Waals surface area contributed by atoms with Gasteiger partial charge in [0.2, 0.25) is 5.95 Å². The van der Waals surface area contributed by atoms with Crippen LogP contribution < -0.4 is 14.8 Å². The van der Waals surface area contributed by atoms with E-state index in [0.717, 1.165) is 0 Å². The first-order valence-electron chi connectivity index (χ1n) is 9.91. The number of rotatable bonds is 11. The monoisotopic (exact) mass is 447 g/mol. The van der Waals surface area contributed by atoms with Gasteiger partial charge in [-0.2, -0.15) is 5.10 Å². The molecule has 2 heterocycles. The number of aromatic nitrogens is 4. The van der Waals surface area contributed by atoms with Crippen molar-refractivity contribution < 1.29 is 28.2 Å². The molecule has 0 saturated carbocycles. The zero-order chi connectivity index (χ0) is 23.1. The standard InChI is InChI=1S/C21H23F2N5O4/c1-3-13-7-17(31-2)20(23)16(19(13)22)12-32-15-9-24-21(25-10-15)27-14-8-26-28(11-14)6-4-5-18(29)30/h7-11H,3-6,12H2,1-2H3,(H,29,30)(H,24,25,27). The third-order valence-corrected chi connectivity index (χ3v) is 4.61. The number of anilines is 2. The van der Waals surface area contributed by atoms with Gasteiger partial charge in [-0.3, -0.25) is 9.48 Å². The second-order valence-corrected chi connectivity index (χ2v) is 6.84. The Labute approximate surface area is 183 Å². The van der Waals surface area contributed by atoms with Crippen LogP contribution in [0, 0.1) is 11.6 Å². The predicted molar refractivity (Wildman–Crippen MR) is 111 cm³/mol. The lowest BCUT2D eigenvalue weighted by Crippen LogP contribution is -2.07. The van der Waals surface area contributed by atoms with Crippen LogP contribution in [0.3, 0.4) is 0 Å². The Kier molecular flexibility index (Phi) is 7.53. The summed E-state index contributed by atoms with van der Waals surface area (Å²) in [6.07, 6.45) is 6.94. The molecule has 0 aliphatic heterocycles. The van der Waals surface area contributed by atoms with Gasteiger partial charge in [0.15, 0.2) is 17.3 Å². The van der Waals surface area contributed by atoms with E-state index in [0.29, 0.717) is 30.6 Å². The highest BCUT2D eigenvalue weighted by atomic mass is 19.1. The summed E-state index contributed by atoms with van der Waals surface area (Å²) in [5.74, 6) is -1.85. The fourth-order valence-electron chi connectivity index (χ4n) is 2.94. The average Bonchev–Trinajstić information content (AvgIpc) is 3.22. The van der Waals surface area contributed by atoms with E-state index in [-0.39, 0.29) is 36.0 Å². The third kappa shape index (κ3) is 5.68. The molecule has 170 valence electrons. The first kappa shape index (κ1) is 22.9. The summed E-state index contributed by atoms with van der Waals surface area (Å²) >= 11 is 0. The Balaban J connectivity index is 1.60. The van der Waals surface area contributed by atoms with Gasteiger partial charge in [-0.15, -0.1) is 0 Å². The van der Waals surface area contributed by atoms with Crippen LogP contribution in [0.1, 0.15) is 30.9 Å². The summed E-state index contributed by atoms with van der Waals surface area (Å²) in [5.41, 5.74) is 0.737. The van der Waals surface area contributed by atoms with E-state index < -0.39 is 17.6 Å². The number of carboxylic acids is 1. The van der Waals surface area contributed by atoms with Crippen LogP contribution in [0.5, 0.6) is 11.5 Å². The van der Waals surface area contributed by atoms with Crippen LogP contribution in [0.25, 0.3) is 0 Å². The van der Waals surface area contributed by atoms with Gasteiger partial charge in [0.1, 0.15) is 12.4 Å². The zero-order valence-corrected chi connectivity index (χ0v) is 17.6. The Morgan fingerprint density at radius 3 is 2.62 bits per heavy atom. The highest BCUT2D eigenvalue weighted by Crippen LogP contribution is 2.28. The van der Waals surface area contributed by atoms with Crippen molar-refractivity contribution in [3.63, 3.8) is 0 Å². The number of ether oxygens (including phenoxy) is 2. The topological polar surface area (TPSA) is 111 Å². The van der Waals surface area contributed by atoms with Crippen molar-refractivity contribution in [2.24, 2.45) is 0 Å². The molecule has 3 rings (SSSR count). The molecule has 0 bridgehead atoms.